The van der Waals surface area contributed by atoms with Crippen LogP contribution in [0, 0.1) is 0 Å². The fourth-order valence-corrected chi connectivity index (χ4v) is 5.88. The van der Waals surface area contributed by atoms with E-state index in [1.54, 1.807) is 17.2 Å². The number of rotatable bonds is 3. The normalized spacial score (nSPS) is 20.4. The summed E-state index contributed by atoms with van der Waals surface area (Å²) in [6.45, 7) is 2.19. The molecule has 1 saturated heterocycles. The number of piperazine rings is 1. The van der Waals surface area contributed by atoms with Crippen molar-refractivity contribution in [1.82, 2.24) is 14.2 Å². The number of hydrogen-bond donors (Lipinski definition) is 0. The molecule has 1 aromatic heterocycles. The van der Waals surface area contributed by atoms with Gasteiger partial charge < -0.3 is 9.80 Å². The second kappa shape index (κ2) is 6.95. The Balaban J connectivity index is 1.33. The fraction of sp³-hybridized carbons (Fsp3) is 0.350. The molecule has 156 valence electrons. The van der Waals surface area contributed by atoms with Crippen molar-refractivity contribution in [2.45, 2.75) is 23.8 Å². The summed E-state index contributed by atoms with van der Waals surface area (Å²) in [4.78, 5) is 33.5. The molecule has 3 heterocycles. The zero-order valence-corrected chi connectivity index (χ0v) is 17.6. The Morgan fingerprint density at radius 1 is 1.07 bits per heavy atom. The van der Waals surface area contributed by atoms with Crippen LogP contribution in [-0.4, -0.2) is 66.6 Å². The van der Waals surface area contributed by atoms with Crippen LogP contribution in [0.3, 0.4) is 0 Å². The third kappa shape index (κ3) is 3.13. The van der Waals surface area contributed by atoms with Crippen molar-refractivity contribution in [3.05, 3.63) is 52.7 Å². The van der Waals surface area contributed by atoms with Gasteiger partial charge in [-0.15, -0.1) is 0 Å². The van der Waals surface area contributed by atoms with E-state index in [1.807, 2.05) is 6.07 Å². The molecule has 8 nitrogen and oxygen atoms in total. The summed E-state index contributed by atoms with van der Waals surface area (Å²) in [5.41, 5.74) is 0.429. The average molecular weight is 447 g/mol. The van der Waals surface area contributed by atoms with Crippen LogP contribution in [0.4, 0.5) is 5.82 Å². The number of carbonyl (C=O) groups excluding carboxylic acids is 2. The van der Waals surface area contributed by atoms with Gasteiger partial charge in [0.1, 0.15) is 10.7 Å². The van der Waals surface area contributed by atoms with Gasteiger partial charge in [-0.1, -0.05) is 11.6 Å². The molecule has 2 amide bonds. The van der Waals surface area contributed by atoms with E-state index < -0.39 is 15.9 Å². The number of benzene rings is 1. The molecule has 2 fully saturated rings. The van der Waals surface area contributed by atoms with E-state index in [0.717, 1.165) is 10.1 Å². The highest BCUT2D eigenvalue weighted by atomic mass is 35.5. The average Bonchev–Trinajstić information content (AvgIpc) is 3.55. The summed E-state index contributed by atoms with van der Waals surface area (Å²) in [6, 6.07) is 7.72. The van der Waals surface area contributed by atoms with Crippen molar-refractivity contribution in [3.8, 4) is 0 Å². The first kappa shape index (κ1) is 19.3. The third-order valence-corrected chi connectivity index (χ3v) is 7.78. The van der Waals surface area contributed by atoms with Gasteiger partial charge in [0, 0.05) is 44.0 Å². The Morgan fingerprint density at radius 3 is 2.43 bits per heavy atom. The van der Waals surface area contributed by atoms with Gasteiger partial charge in [0.05, 0.1) is 10.6 Å². The first-order valence-electron chi connectivity index (χ1n) is 9.75. The number of halogens is 1. The molecule has 5 rings (SSSR count). The minimum Gasteiger partial charge on any atom is -0.353 e. The SMILES string of the molecule is O=C(c1ccc2c(c1)S(=O)(=O)N(C1CC1)C2=O)N1CCN(c2ccc(Cl)cn2)CC1. The van der Waals surface area contributed by atoms with Gasteiger partial charge >= 0.3 is 0 Å². The number of nitrogens with zero attached hydrogens (tertiary/aromatic N) is 4. The molecule has 1 saturated carbocycles. The van der Waals surface area contributed by atoms with Crippen LogP contribution in [0.5, 0.6) is 0 Å². The van der Waals surface area contributed by atoms with Crippen LogP contribution in [0.15, 0.2) is 41.4 Å². The van der Waals surface area contributed by atoms with Gasteiger partial charge in [0.15, 0.2) is 0 Å². The number of amides is 2. The molecule has 0 spiro atoms. The number of aromatic nitrogens is 1. The minimum atomic E-state index is -3.88. The molecule has 1 aromatic carbocycles. The molecular formula is C20H19ClN4O4S. The molecule has 0 radical (unpaired) electrons. The molecule has 0 bridgehead atoms. The Kier molecular flexibility index (Phi) is 4.48. The molecule has 10 heteroatoms. The van der Waals surface area contributed by atoms with Gasteiger partial charge in [-0.25, -0.2) is 17.7 Å². The topological polar surface area (TPSA) is 90.9 Å². The lowest BCUT2D eigenvalue weighted by Crippen LogP contribution is -2.49. The molecule has 0 unspecified atom stereocenters. The van der Waals surface area contributed by atoms with Gasteiger partial charge in [-0.2, -0.15) is 0 Å². The monoisotopic (exact) mass is 446 g/mol. The summed E-state index contributed by atoms with van der Waals surface area (Å²) < 4.78 is 26.6. The predicted octanol–water partition coefficient (Wildman–Crippen LogP) is 2.00. The van der Waals surface area contributed by atoms with E-state index >= 15 is 0 Å². The molecule has 0 N–H and O–H groups in total. The minimum absolute atomic E-state index is 0.0609. The zero-order valence-electron chi connectivity index (χ0n) is 16.0. The number of carbonyl (C=O) groups is 2. The largest absolute Gasteiger partial charge is 0.353 e. The van der Waals surface area contributed by atoms with E-state index in [2.05, 4.69) is 9.88 Å². The summed E-state index contributed by atoms with van der Waals surface area (Å²) in [5.74, 6) is 0.0680. The molecule has 2 aromatic rings. The quantitative estimate of drug-likeness (QED) is 0.716. The van der Waals surface area contributed by atoms with Crippen LogP contribution in [0.1, 0.15) is 33.6 Å². The van der Waals surface area contributed by atoms with Gasteiger partial charge in [-0.05, 0) is 43.2 Å². The third-order valence-electron chi connectivity index (χ3n) is 5.68. The maximum atomic E-state index is 13.0. The molecule has 0 atom stereocenters. The van der Waals surface area contributed by atoms with Crippen LogP contribution in [0.2, 0.25) is 5.02 Å². The van der Waals surface area contributed by atoms with E-state index in [0.29, 0.717) is 44.0 Å². The number of fused-ring (bicyclic) bond motifs is 1. The van der Waals surface area contributed by atoms with Gasteiger partial charge in [-0.3, -0.25) is 9.59 Å². The van der Waals surface area contributed by atoms with Crippen LogP contribution >= 0.6 is 11.6 Å². The van der Waals surface area contributed by atoms with Crippen molar-refractivity contribution in [2.75, 3.05) is 31.1 Å². The number of hydrogen-bond acceptors (Lipinski definition) is 6. The standard InChI is InChI=1S/C20H19ClN4O4S/c21-14-2-6-18(22-12-14)23-7-9-24(10-8-23)19(26)13-1-5-16-17(11-13)30(28,29)25(20(16)27)15-3-4-15/h1-2,5-6,11-12,15H,3-4,7-10H2. The molecule has 3 aliphatic rings. The maximum absolute atomic E-state index is 13.0. The Hall–Kier alpha value is -2.65. The lowest BCUT2D eigenvalue weighted by Gasteiger charge is -2.35. The lowest BCUT2D eigenvalue weighted by atomic mass is 10.1. The molecule has 1 aliphatic carbocycles. The van der Waals surface area contributed by atoms with Crippen LogP contribution in [0.25, 0.3) is 0 Å². The maximum Gasteiger partial charge on any atom is 0.269 e. The highest BCUT2D eigenvalue weighted by Gasteiger charge is 2.48. The van der Waals surface area contributed by atoms with E-state index in [1.165, 1.54) is 18.2 Å². The molecule has 30 heavy (non-hydrogen) atoms. The summed E-state index contributed by atoms with van der Waals surface area (Å²) in [7, 11) is -3.88. The van der Waals surface area contributed by atoms with Crippen molar-refractivity contribution >= 4 is 39.3 Å². The van der Waals surface area contributed by atoms with E-state index in [4.69, 9.17) is 11.6 Å². The van der Waals surface area contributed by atoms with Crippen molar-refractivity contribution in [2.24, 2.45) is 0 Å². The predicted molar refractivity (Wildman–Crippen MR) is 110 cm³/mol. The Labute approximate surface area is 179 Å². The second-order valence-electron chi connectivity index (χ2n) is 7.66. The smallest absolute Gasteiger partial charge is 0.269 e. The first-order chi connectivity index (χ1) is 14.4. The highest BCUT2D eigenvalue weighted by Crippen LogP contribution is 2.39. The number of pyridine rings is 1. The molecular weight excluding hydrogens is 428 g/mol. The summed E-state index contributed by atoms with van der Waals surface area (Å²) >= 11 is 5.88. The van der Waals surface area contributed by atoms with E-state index in [-0.39, 0.29) is 28.0 Å². The Morgan fingerprint density at radius 2 is 1.80 bits per heavy atom. The number of sulfonamides is 1. The first-order valence-corrected chi connectivity index (χ1v) is 11.6. The summed E-state index contributed by atoms with van der Waals surface area (Å²) in [5, 5.41) is 0.567. The van der Waals surface area contributed by atoms with Crippen molar-refractivity contribution in [1.29, 1.82) is 0 Å². The fourth-order valence-electron chi connectivity index (χ4n) is 3.93. The Bertz CT molecular complexity index is 1140. The molecule has 2 aliphatic heterocycles. The van der Waals surface area contributed by atoms with Crippen molar-refractivity contribution in [3.63, 3.8) is 0 Å². The van der Waals surface area contributed by atoms with Crippen LogP contribution in [-0.2, 0) is 10.0 Å². The lowest BCUT2D eigenvalue weighted by molar-refractivity contribution is 0.0745. The van der Waals surface area contributed by atoms with Gasteiger partial charge in [0.2, 0.25) is 0 Å². The summed E-state index contributed by atoms with van der Waals surface area (Å²) in [6.07, 6.45) is 2.97. The zero-order chi connectivity index (χ0) is 21.0. The van der Waals surface area contributed by atoms with Crippen molar-refractivity contribution < 1.29 is 18.0 Å². The van der Waals surface area contributed by atoms with Gasteiger partial charge in [0.25, 0.3) is 21.8 Å². The number of anilines is 1. The van der Waals surface area contributed by atoms with Crippen LogP contribution < -0.4 is 4.90 Å². The second-order valence-corrected chi connectivity index (χ2v) is 9.88. The highest BCUT2D eigenvalue weighted by molar-refractivity contribution is 7.90. The van der Waals surface area contributed by atoms with E-state index in [9.17, 15) is 18.0 Å².